The first-order chi connectivity index (χ1) is 20.2. The van der Waals surface area contributed by atoms with Gasteiger partial charge in [0.25, 0.3) is 0 Å². The van der Waals surface area contributed by atoms with E-state index in [9.17, 15) is 4.79 Å². The van der Waals surface area contributed by atoms with E-state index in [1.165, 1.54) is 64.2 Å². The average Bonchev–Trinajstić information content (AvgIpc) is 3.31. The van der Waals surface area contributed by atoms with Crippen LogP contribution in [0.25, 0.3) is 0 Å². The van der Waals surface area contributed by atoms with Crippen molar-refractivity contribution in [3.05, 3.63) is 11.6 Å². The van der Waals surface area contributed by atoms with Crippen molar-refractivity contribution in [2.24, 2.45) is 46.3 Å². The lowest BCUT2D eigenvalue weighted by Crippen LogP contribution is -2.51. The minimum absolute atomic E-state index is 0.0334. The molecule has 3 fully saturated rings. The molecule has 3 saturated carbocycles. The lowest BCUT2D eigenvalue weighted by molar-refractivity contribution is -0.0581. The number of fused-ring (bicyclic) bond motifs is 5. The summed E-state index contributed by atoms with van der Waals surface area (Å²) in [4.78, 5) is 12.6. The molecule has 0 aromatic rings. The van der Waals surface area contributed by atoms with E-state index < -0.39 is 0 Å². The van der Waals surface area contributed by atoms with Crippen LogP contribution in [0.1, 0.15) is 131 Å². The number of hydrogen-bond donors (Lipinski definition) is 3. The normalized spacial score (nSPS) is 34.7. The molecule has 5 nitrogen and oxygen atoms in total. The van der Waals surface area contributed by atoms with Crippen LogP contribution in [0.15, 0.2) is 11.6 Å². The lowest BCUT2D eigenvalue weighted by Gasteiger charge is -2.58. The summed E-state index contributed by atoms with van der Waals surface area (Å²) in [7, 11) is 0. The van der Waals surface area contributed by atoms with Crippen LogP contribution in [-0.4, -0.2) is 44.9 Å². The van der Waals surface area contributed by atoms with Crippen molar-refractivity contribution in [2.75, 3.05) is 32.7 Å². The highest BCUT2D eigenvalue weighted by atomic mass is 16.6. The molecule has 8 atom stereocenters. The zero-order chi connectivity index (χ0) is 30.2. The summed E-state index contributed by atoms with van der Waals surface area (Å²) in [6.45, 7) is 19.6. The van der Waals surface area contributed by atoms with Crippen molar-refractivity contribution in [1.29, 1.82) is 0 Å². The second-order valence-corrected chi connectivity index (χ2v) is 15.7. The standard InChI is InChI=1S/C37H67N3O2/c1-7-21-38-22-9-23-39-24-10-25-40-35(41)42-30-17-19-36(5)29(26-30)13-14-31-33-16-15-32(28(4)12-8-11-27(2)3)37(33,6)20-18-34(31)36/h13,27-28,30-34,38-39H,7-12,14-26H2,1-6H3,(H,40,41). The van der Waals surface area contributed by atoms with E-state index >= 15 is 0 Å². The topological polar surface area (TPSA) is 62.4 Å². The van der Waals surface area contributed by atoms with E-state index in [-0.39, 0.29) is 12.2 Å². The van der Waals surface area contributed by atoms with E-state index in [1.54, 1.807) is 5.57 Å². The number of ether oxygens (including phenoxy) is 1. The maximum atomic E-state index is 12.6. The molecule has 4 rings (SSSR count). The van der Waals surface area contributed by atoms with Crippen LogP contribution >= 0.6 is 0 Å². The first-order valence-electron chi connectivity index (χ1n) is 18.2. The Kier molecular flexibility index (Phi) is 12.7. The minimum Gasteiger partial charge on any atom is -0.446 e. The van der Waals surface area contributed by atoms with Crippen LogP contribution < -0.4 is 16.0 Å². The van der Waals surface area contributed by atoms with Gasteiger partial charge in [-0.1, -0.05) is 72.5 Å². The van der Waals surface area contributed by atoms with E-state index in [0.717, 1.165) is 87.4 Å². The summed E-state index contributed by atoms with van der Waals surface area (Å²) >= 11 is 0. The van der Waals surface area contributed by atoms with Crippen molar-refractivity contribution in [1.82, 2.24) is 16.0 Å². The molecule has 1 amide bonds. The highest BCUT2D eigenvalue weighted by Gasteiger charge is 2.59. The van der Waals surface area contributed by atoms with Crippen LogP contribution in [0.3, 0.4) is 0 Å². The van der Waals surface area contributed by atoms with Gasteiger partial charge in [-0.2, -0.15) is 0 Å². The predicted octanol–water partition coefficient (Wildman–Crippen LogP) is 8.49. The molecule has 0 aromatic heterocycles. The van der Waals surface area contributed by atoms with Gasteiger partial charge in [-0.25, -0.2) is 4.79 Å². The molecular weight excluding hydrogens is 518 g/mol. The first kappa shape index (κ1) is 33.8. The fourth-order valence-electron chi connectivity index (χ4n) is 10.1. The number of nitrogens with one attached hydrogen (secondary N) is 3. The Morgan fingerprint density at radius 3 is 2.38 bits per heavy atom. The second kappa shape index (κ2) is 15.8. The molecule has 8 unspecified atom stereocenters. The predicted molar refractivity (Wildman–Crippen MR) is 177 cm³/mol. The monoisotopic (exact) mass is 586 g/mol. The molecule has 5 heteroatoms. The number of carbonyl (C=O) groups is 1. The summed E-state index contributed by atoms with van der Waals surface area (Å²) in [5.74, 6) is 5.19. The third kappa shape index (κ3) is 8.14. The largest absolute Gasteiger partial charge is 0.446 e. The number of alkyl carbamates (subject to hydrolysis) is 1. The van der Waals surface area contributed by atoms with Gasteiger partial charge in [0.2, 0.25) is 0 Å². The maximum absolute atomic E-state index is 12.6. The zero-order valence-electron chi connectivity index (χ0n) is 28.4. The number of allylic oxidation sites excluding steroid dienone is 1. The van der Waals surface area contributed by atoms with E-state index in [0.29, 0.717) is 17.4 Å². The molecule has 0 bridgehead atoms. The number of amides is 1. The van der Waals surface area contributed by atoms with Gasteiger partial charge in [-0.15, -0.1) is 0 Å². The van der Waals surface area contributed by atoms with Gasteiger partial charge in [0.05, 0.1) is 0 Å². The highest BCUT2D eigenvalue weighted by Crippen LogP contribution is 2.67. The molecular formula is C37H67N3O2. The Balaban J connectivity index is 1.21. The summed E-state index contributed by atoms with van der Waals surface area (Å²) in [5.41, 5.74) is 2.45. The fraction of sp³-hybridized carbons (Fsp3) is 0.919. The third-order valence-corrected chi connectivity index (χ3v) is 12.5. The highest BCUT2D eigenvalue weighted by molar-refractivity contribution is 5.67. The fourth-order valence-corrected chi connectivity index (χ4v) is 10.1. The minimum atomic E-state index is -0.227. The van der Waals surface area contributed by atoms with Gasteiger partial charge in [-0.3, -0.25) is 0 Å². The van der Waals surface area contributed by atoms with Crippen molar-refractivity contribution in [2.45, 2.75) is 138 Å². The van der Waals surface area contributed by atoms with Crippen molar-refractivity contribution < 1.29 is 9.53 Å². The summed E-state index contributed by atoms with van der Waals surface area (Å²) in [6, 6.07) is 0. The van der Waals surface area contributed by atoms with Gasteiger partial charge in [0, 0.05) is 13.0 Å². The molecule has 0 aliphatic heterocycles. The Morgan fingerprint density at radius 1 is 0.905 bits per heavy atom. The van der Waals surface area contributed by atoms with Crippen molar-refractivity contribution in [3.63, 3.8) is 0 Å². The number of carbonyl (C=O) groups excluding carboxylic acids is 1. The smallest absolute Gasteiger partial charge is 0.407 e. The van der Waals surface area contributed by atoms with Crippen LogP contribution in [0.5, 0.6) is 0 Å². The summed E-state index contributed by atoms with van der Waals surface area (Å²) in [6.07, 6.45) is 20.0. The van der Waals surface area contributed by atoms with Gasteiger partial charge >= 0.3 is 6.09 Å². The molecule has 0 saturated heterocycles. The van der Waals surface area contributed by atoms with Crippen LogP contribution in [0.4, 0.5) is 4.79 Å². The number of rotatable bonds is 16. The Morgan fingerprint density at radius 2 is 1.64 bits per heavy atom. The van der Waals surface area contributed by atoms with Gasteiger partial charge in [-0.05, 0) is 137 Å². The van der Waals surface area contributed by atoms with E-state index in [2.05, 4.69) is 63.6 Å². The average molecular weight is 586 g/mol. The van der Waals surface area contributed by atoms with Gasteiger partial charge in [0.15, 0.2) is 0 Å². The lowest BCUT2D eigenvalue weighted by atomic mass is 9.47. The molecule has 42 heavy (non-hydrogen) atoms. The molecule has 0 spiro atoms. The Hall–Kier alpha value is -1.07. The number of hydrogen-bond acceptors (Lipinski definition) is 4. The molecule has 3 N–H and O–H groups in total. The van der Waals surface area contributed by atoms with Crippen LogP contribution in [0.2, 0.25) is 0 Å². The van der Waals surface area contributed by atoms with Crippen molar-refractivity contribution in [3.8, 4) is 0 Å². The molecule has 4 aliphatic carbocycles. The molecule has 0 radical (unpaired) electrons. The SMILES string of the molecule is CCCNCCCNCCCNC(=O)OC1CCC2(C)C(=CCC3C2CCC2(C)C(C(C)CCCC(C)C)CCC32)C1. The van der Waals surface area contributed by atoms with Gasteiger partial charge in [0.1, 0.15) is 6.10 Å². The molecule has 242 valence electrons. The van der Waals surface area contributed by atoms with Crippen molar-refractivity contribution >= 4 is 6.09 Å². The quantitative estimate of drug-likeness (QED) is 0.126. The summed E-state index contributed by atoms with van der Waals surface area (Å²) in [5, 5.41) is 9.90. The zero-order valence-corrected chi connectivity index (χ0v) is 28.4. The van der Waals surface area contributed by atoms with Crippen LogP contribution in [0, 0.1) is 46.3 Å². The Bertz CT molecular complexity index is 873. The van der Waals surface area contributed by atoms with E-state index in [1.807, 2.05) is 0 Å². The Labute approximate surface area is 259 Å². The molecule has 4 aliphatic rings. The van der Waals surface area contributed by atoms with E-state index in [4.69, 9.17) is 4.74 Å². The first-order valence-corrected chi connectivity index (χ1v) is 18.2. The molecule has 0 aromatic carbocycles. The third-order valence-electron chi connectivity index (χ3n) is 12.5. The molecule has 0 heterocycles. The second-order valence-electron chi connectivity index (χ2n) is 15.7. The maximum Gasteiger partial charge on any atom is 0.407 e. The summed E-state index contributed by atoms with van der Waals surface area (Å²) < 4.78 is 5.96. The van der Waals surface area contributed by atoms with Crippen LogP contribution in [-0.2, 0) is 4.74 Å². The van der Waals surface area contributed by atoms with Gasteiger partial charge < -0.3 is 20.7 Å².